The summed E-state index contributed by atoms with van der Waals surface area (Å²) in [6, 6.07) is 14.6. The van der Waals surface area contributed by atoms with Gasteiger partial charge in [0.2, 0.25) is 0 Å². The van der Waals surface area contributed by atoms with E-state index in [1.807, 2.05) is 49.3 Å². The average molecular weight is 377 g/mol. The van der Waals surface area contributed by atoms with Gasteiger partial charge in [0.15, 0.2) is 0 Å². The SMILES string of the molecule is C=S1(=O)C=Cc2ccc(NC(=O)/C(C#N)=C/c3ccc(N(C)C)cc3)cc21. The molecule has 0 spiro atoms. The van der Waals surface area contributed by atoms with E-state index < -0.39 is 15.4 Å². The zero-order chi connectivity index (χ0) is 19.6. The zero-order valence-corrected chi connectivity index (χ0v) is 15.9. The molecule has 1 N–H and O–H groups in total. The number of hydrogen-bond donors (Lipinski definition) is 1. The van der Waals surface area contributed by atoms with Gasteiger partial charge in [-0.3, -0.25) is 9.00 Å². The van der Waals surface area contributed by atoms with E-state index in [9.17, 15) is 14.3 Å². The molecule has 1 atom stereocenters. The predicted octanol–water partition coefficient (Wildman–Crippen LogP) is 3.36. The van der Waals surface area contributed by atoms with Crippen molar-refractivity contribution in [2.45, 2.75) is 4.90 Å². The molecule has 0 radical (unpaired) electrons. The van der Waals surface area contributed by atoms with Gasteiger partial charge in [-0.05, 0) is 58.8 Å². The molecule has 3 rings (SSSR count). The largest absolute Gasteiger partial charge is 0.378 e. The molecule has 5 nitrogen and oxygen atoms in total. The van der Waals surface area contributed by atoms with Crippen molar-refractivity contribution in [1.29, 1.82) is 5.26 Å². The topological polar surface area (TPSA) is 73.2 Å². The van der Waals surface area contributed by atoms with E-state index >= 15 is 0 Å². The lowest BCUT2D eigenvalue weighted by Gasteiger charge is -2.12. The van der Waals surface area contributed by atoms with Gasteiger partial charge >= 0.3 is 0 Å². The second-order valence-electron chi connectivity index (χ2n) is 6.39. The smallest absolute Gasteiger partial charge is 0.266 e. The molecule has 0 saturated heterocycles. The highest BCUT2D eigenvalue weighted by Gasteiger charge is 2.17. The highest BCUT2D eigenvalue weighted by atomic mass is 32.2. The Bertz CT molecular complexity index is 1100. The van der Waals surface area contributed by atoms with Gasteiger partial charge in [0, 0.05) is 39.9 Å². The van der Waals surface area contributed by atoms with Gasteiger partial charge in [-0.2, -0.15) is 5.26 Å². The third kappa shape index (κ3) is 3.94. The fraction of sp³-hybridized carbons (Fsp3) is 0.0952. The Balaban J connectivity index is 1.81. The first-order valence-electron chi connectivity index (χ1n) is 8.20. The van der Waals surface area contributed by atoms with Gasteiger partial charge in [-0.15, -0.1) is 0 Å². The molecular formula is C21H19N3O2S. The highest BCUT2D eigenvalue weighted by molar-refractivity contribution is 8.03. The first-order valence-corrected chi connectivity index (χ1v) is 9.99. The molecule has 1 heterocycles. The molecule has 2 aromatic rings. The number of nitrogens with zero attached hydrogens (tertiary/aromatic N) is 2. The minimum atomic E-state index is -2.46. The predicted molar refractivity (Wildman–Crippen MR) is 112 cm³/mol. The fourth-order valence-electron chi connectivity index (χ4n) is 2.69. The summed E-state index contributed by atoms with van der Waals surface area (Å²) in [5, 5.41) is 13.6. The summed E-state index contributed by atoms with van der Waals surface area (Å²) in [6.45, 7) is 0. The quantitative estimate of drug-likeness (QED) is 0.504. The summed E-state index contributed by atoms with van der Waals surface area (Å²) in [5.74, 6) is 3.20. The summed E-state index contributed by atoms with van der Waals surface area (Å²) >= 11 is 0. The normalized spacial score (nSPS) is 17.9. The van der Waals surface area contributed by atoms with Crippen LogP contribution in [0.5, 0.6) is 0 Å². The van der Waals surface area contributed by atoms with E-state index in [2.05, 4.69) is 11.2 Å². The lowest BCUT2D eigenvalue weighted by atomic mass is 10.1. The Morgan fingerprint density at radius 1 is 1.22 bits per heavy atom. The molecule has 27 heavy (non-hydrogen) atoms. The molecule has 0 fully saturated rings. The van der Waals surface area contributed by atoms with Crippen LogP contribution in [-0.2, 0) is 14.3 Å². The van der Waals surface area contributed by atoms with Crippen molar-refractivity contribution in [3.63, 3.8) is 0 Å². The standard InChI is InChI=1S/C21H19N3O2S/c1-24(2)19-8-4-15(5-9-19)12-17(14-22)21(25)23-18-7-6-16-10-11-27(3,26)20(16)13-18/h4-13H,3H2,1-2H3,(H,23,25)/b17-12+. The number of rotatable bonds is 4. The van der Waals surface area contributed by atoms with Crippen molar-refractivity contribution < 1.29 is 9.00 Å². The van der Waals surface area contributed by atoms with Gasteiger partial charge < -0.3 is 10.2 Å². The summed E-state index contributed by atoms with van der Waals surface area (Å²) in [4.78, 5) is 15.0. The highest BCUT2D eigenvalue weighted by Crippen LogP contribution is 2.29. The minimum Gasteiger partial charge on any atom is -0.378 e. The Morgan fingerprint density at radius 2 is 1.93 bits per heavy atom. The summed E-state index contributed by atoms with van der Waals surface area (Å²) in [7, 11) is 1.41. The van der Waals surface area contributed by atoms with Crippen molar-refractivity contribution in [2.24, 2.45) is 0 Å². The van der Waals surface area contributed by atoms with Crippen molar-refractivity contribution in [1.82, 2.24) is 0 Å². The Hall–Kier alpha value is -3.30. The maximum atomic E-state index is 12.5. The van der Waals surface area contributed by atoms with Crippen LogP contribution in [0, 0.1) is 11.3 Å². The van der Waals surface area contributed by atoms with Crippen LogP contribution in [-0.4, -0.2) is 30.1 Å². The third-order valence-electron chi connectivity index (χ3n) is 4.20. The minimum absolute atomic E-state index is 0.0124. The van der Waals surface area contributed by atoms with Crippen LogP contribution in [0.15, 0.2) is 58.3 Å². The molecule has 6 heteroatoms. The van der Waals surface area contributed by atoms with E-state index in [0.717, 1.165) is 16.8 Å². The van der Waals surface area contributed by atoms with Crippen LogP contribution in [0.4, 0.5) is 11.4 Å². The van der Waals surface area contributed by atoms with Gasteiger partial charge in [0.1, 0.15) is 11.6 Å². The van der Waals surface area contributed by atoms with Crippen molar-refractivity contribution in [3.8, 4) is 6.07 Å². The molecule has 0 bridgehead atoms. The molecule has 0 aromatic heterocycles. The van der Waals surface area contributed by atoms with Crippen LogP contribution >= 0.6 is 0 Å². The van der Waals surface area contributed by atoms with E-state index in [4.69, 9.17) is 0 Å². The first kappa shape index (κ1) is 18.5. The third-order valence-corrected chi connectivity index (χ3v) is 5.87. The van der Waals surface area contributed by atoms with E-state index in [1.165, 1.54) is 6.08 Å². The number of amides is 1. The van der Waals surface area contributed by atoms with Crippen LogP contribution in [0.2, 0.25) is 0 Å². The molecule has 0 aliphatic carbocycles. The average Bonchev–Trinajstić information content (AvgIpc) is 2.94. The van der Waals surface area contributed by atoms with Gasteiger partial charge in [0.25, 0.3) is 5.91 Å². The van der Waals surface area contributed by atoms with E-state index in [1.54, 1.807) is 29.7 Å². The first-order chi connectivity index (χ1) is 12.8. The molecule has 2 aromatic carbocycles. The van der Waals surface area contributed by atoms with E-state index in [0.29, 0.717) is 10.6 Å². The number of nitrogens with one attached hydrogen (secondary N) is 1. The lowest BCUT2D eigenvalue weighted by molar-refractivity contribution is -0.112. The molecule has 1 amide bonds. The van der Waals surface area contributed by atoms with Crippen LogP contribution < -0.4 is 10.2 Å². The van der Waals surface area contributed by atoms with Crippen LogP contribution in [0.3, 0.4) is 0 Å². The van der Waals surface area contributed by atoms with Crippen LogP contribution in [0.1, 0.15) is 11.1 Å². The summed E-state index contributed by atoms with van der Waals surface area (Å²) in [5.41, 5.74) is 3.07. The van der Waals surface area contributed by atoms with Gasteiger partial charge in [0.05, 0.1) is 0 Å². The van der Waals surface area contributed by atoms with E-state index in [-0.39, 0.29) is 5.57 Å². The number of nitriles is 1. The van der Waals surface area contributed by atoms with Crippen LogP contribution in [0.25, 0.3) is 12.2 Å². The number of carbonyl (C=O) groups excluding carboxylic acids is 1. The Labute approximate surface area is 159 Å². The van der Waals surface area contributed by atoms with Gasteiger partial charge in [-0.1, -0.05) is 18.2 Å². The van der Waals surface area contributed by atoms with Crippen molar-refractivity contribution >= 4 is 44.8 Å². The number of benzene rings is 2. The summed E-state index contributed by atoms with van der Waals surface area (Å²) < 4.78 is 12.4. The molecule has 1 unspecified atom stereocenters. The number of hydrogen-bond acceptors (Lipinski definition) is 4. The number of anilines is 2. The molecular weight excluding hydrogens is 358 g/mol. The number of fused-ring (bicyclic) bond motifs is 1. The maximum Gasteiger partial charge on any atom is 0.266 e. The Morgan fingerprint density at radius 3 is 2.56 bits per heavy atom. The second kappa shape index (κ2) is 7.14. The van der Waals surface area contributed by atoms with Gasteiger partial charge in [-0.25, -0.2) is 0 Å². The molecule has 0 saturated carbocycles. The monoisotopic (exact) mass is 377 g/mol. The van der Waals surface area contributed by atoms with Crippen molar-refractivity contribution in [2.75, 3.05) is 24.3 Å². The molecule has 1 aliphatic rings. The number of carbonyl (C=O) groups is 1. The molecule has 136 valence electrons. The second-order valence-corrected chi connectivity index (χ2v) is 8.56. The fourth-order valence-corrected chi connectivity index (χ4v) is 4.06. The molecule has 1 aliphatic heterocycles. The Kier molecular flexibility index (Phi) is 4.89. The zero-order valence-electron chi connectivity index (χ0n) is 15.1. The van der Waals surface area contributed by atoms with Crippen molar-refractivity contribution in [3.05, 3.63) is 64.6 Å². The lowest BCUT2D eigenvalue weighted by Crippen LogP contribution is -2.13. The summed E-state index contributed by atoms with van der Waals surface area (Å²) in [6.07, 6.45) is 3.29. The maximum absolute atomic E-state index is 12.5.